The van der Waals surface area contributed by atoms with E-state index in [4.69, 9.17) is 0 Å². The van der Waals surface area contributed by atoms with Crippen LogP contribution in [0.25, 0.3) is 5.65 Å². The normalized spacial score (nSPS) is 10.5. The molecule has 0 spiro atoms. The summed E-state index contributed by atoms with van der Waals surface area (Å²) >= 11 is 0. The largest absolute Gasteiger partial charge is 0.367 e. The van der Waals surface area contributed by atoms with E-state index in [9.17, 15) is 0 Å². The fourth-order valence-corrected chi connectivity index (χ4v) is 1.22. The van der Waals surface area contributed by atoms with Crippen LogP contribution in [0.15, 0.2) is 24.8 Å². The first-order valence-corrected chi connectivity index (χ1v) is 4.43. The van der Waals surface area contributed by atoms with Crippen LogP contribution >= 0.6 is 0 Å². The highest BCUT2D eigenvalue weighted by molar-refractivity contribution is 5.61. The van der Waals surface area contributed by atoms with Crippen molar-refractivity contribution in [1.29, 1.82) is 0 Å². The Labute approximate surface area is 76.6 Å². The molecule has 0 saturated carbocycles. The van der Waals surface area contributed by atoms with Crippen molar-refractivity contribution in [3.63, 3.8) is 0 Å². The highest BCUT2D eigenvalue weighted by atomic mass is 15.1. The smallest absolute Gasteiger partial charge is 0.180 e. The molecule has 1 N–H and O–H groups in total. The van der Waals surface area contributed by atoms with Gasteiger partial charge < -0.3 is 9.72 Å². The van der Waals surface area contributed by atoms with Crippen molar-refractivity contribution in [2.24, 2.45) is 0 Å². The molecule has 0 atom stereocenters. The van der Waals surface area contributed by atoms with Crippen molar-refractivity contribution in [1.82, 2.24) is 14.4 Å². The van der Waals surface area contributed by atoms with Crippen molar-refractivity contribution >= 4 is 11.5 Å². The molecule has 0 fully saturated rings. The molecule has 2 aromatic heterocycles. The summed E-state index contributed by atoms with van der Waals surface area (Å²) in [5, 5.41) is 3.23. The third kappa shape index (κ3) is 1.47. The monoisotopic (exact) mass is 176 g/mol. The number of hydrogen-bond acceptors (Lipinski definition) is 3. The molecule has 13 heavy (non-hydrogen) atoms. The second-order valence-electron chi connectivity index (χ2n) is 2.86. The summed E-state index contributed by atoms with van der Waals surface area (Å²) in [4.78, 5) is 8.43. The lowest BCUT2D eigenvalue weighted by Crippen LogP contribution is -2.03. The first kappa shape index (κ1) is 8.04. The van der Waals surface area contributed by atoms with Crippen LogP contribution in [0.3, 0.4) is 0 Å². The minimum atomic E-state index is 0.856. The lowest BCUT2D eigenvalue weighted by atomic mass is 10.5. The molecule has 4 heteroatoms. The van der Waals surface area contributed by atoms with E-state index in [1.54, 1.807) is 12.4 Å². The van der Waals surface area contributed by atoms with Gasteiger partial charge in [-0.25, -0.2) is 9.97 Å². The molecule has 0 unspecified atom stereocenters. The molecule has 0 aliphatic rings. The van der Waals surface area contributed by atoms with Gasteiger partial charge in [-0.3, -0.25) is 0 Å². The van der Waals surface area contributed by atoms with E-state index in [1.165, 1.54) is 0 Å². The number of imidazole rings is 1. The van der Waals surface area contributed by atoms with Gasteiger partial charge in [0.1, 0.15) is 0 Å². The minimum absolute atomic E-state index is 0.856. The van der Waals surface area contributed by atoms with E-state index in [1.807, 2.05) is 16.8 Å². The van der Waals surface area contributed by atoms with Gasteiger partial charge in [0.25, 0.3) is 0 Å². The second-order valence-corrected chi connectivity index (χ2v) is 2.86. The average Bonchev–Trinajstić information content (AvgIpc) is 2.62. The molecular weight excluding hydrogens is 164 g/mol. The van der Waals surface area contributed by atoms with Crippen LogP contribution in [-0.2, 0) is 0 Å². The number of anilines is 1. The van der Waals surface area contributed by atoms with E-state index in [0.29, 0.717) is 0 Å². The Morgan fingerprint density at radius 1 is 1.31 bits per heavy atom. The van der Waals surface area contributed by atoms with Crippen LogP contribution < -0.4 is 5.32 Å². The fraction of sp³-hybridized carbons (Fsp3) is 0.333. The average molecular weight is 176 g/mol. The van der Waals surface area contributed by atoms with Gasteiger partial charge in [-0.05, 0) is 6.42 Å². The third-order valence-electron chi connectivity index (χ3n) is 1.85. The summed E-state index contributed by atoms with van der Waals surface area (Å²) < 4.78 is 1.95. The van der Waals surface area contributed by atoms with Gasteiger partial charge in [0.05, 0.1) is 0 Å². The van der Waals surface area contributed by atoms with E-state index >= 15 is 0 Å². The molecule has 0 aromatic carbocycles. The van der Waals surface area contributed by atoms with Crippen LogP contribution in [0.1, 0.15) is 13.3 Å². The summed E-state index contributed by atoms with van der Waals surface area (Å²) in [7, 11) is 0. The Balaban J connectivity index is 2.37. The topological polar surface area (TPSA) is 42.2 Å². The molecule has 0 radical (unpaired) electrons. The van der Waals surface area contributed by atoms with Crippen LogP contribution in [0.5, 0.6) is 0 Å². The maximum atomic E-state index is 4.22. The highest BCUT2D eigenvalue weighted by Gasteiger charge is 2.00. The highest BCUT2D eigenvalue weighted by Crippen LogP contribution is 2.09. The lowest BCUT2D eigenvalue weighted by molar-refractivity contribution is 0.964. The zero-order chi connectivity index (χ0) is 9.10. The molecule has 0 amide bonds. The molecule has 2 aromatic rings. The Bertz CT molecular complexity index is 393. The van der Waals surface area contributed by atoms with Crippen molar-refractivity contribution in [3.05, 3.63) is 24.8 Å². The molecule has 0 aliphatic carbocycles. The molecule has 0 bridgehead atoms. The Morgan fingerprint density at radius 2 is 2.08 bits per heavy atom. The Kier molecular flexibility index (Phi) is 2.12. The predicted octanol–water partition coefficient (Wildman–Crippen LogP) is 1.55. The van der Waals surface area contributed by atoms with Gasteiger partial charge in [0, 0.05) is 31.3 Å². The summed E-state index contributed by atoms with van der Waals surface area (Å²) in [5.41, 5.74) is 0.885. The first-order valence-electron chi connectivity index (χ1n) is 4.43. The molecule has 0 saturated heterocycles. The Morgan fingerprint density at radius 3 is 2.85 bits per heavy atom. The standard InChI is InChI=1S/C9H12N4/c1-2-3-10-8-9-12-5-7-13(9)6-4-11-8/h4-7H,2-3H2,1H3,(H,10,11). The van der Waals surface area contributed by atoms with Crippen molar-refractivity contribution < 1.29 is 0 Å². The number of nitrogens with zero attached hydrogens (tertiary/aromatic N) is 3. The van der Waals surface area contributed by atoms with E-state index in [-0.39, 0.29) is 0 Å². The number of fused-ring (bicyclic) bond motifs is 1. The SMILES string of the molecule is CCCNc1nccn2ccnc12. The number of nitrogens with one attached hydrogen (secondary N) is 1. The van der Waals surface area contributed by atoms with Crippen LogP contribution in [0.4, 0.5) is 5.82 Å². The first-order chi connectivity index (χ1) is 6.42. The number of rotatable bonds is 3. The minimum Gasteiger partial charge on any atom is -0.367 e. The third-order valence-corrected chi connectivity index (χ3v) is 1.85. The van der Waals surface area contributed by atoms with Gasteiger partial charge in [0.15, 0.2) is 11.5 Å². The summed E-state index contributed by atoms with van der Waals surface area (Å²) in [6.45, 7) is 3.05. The maximum absolute atomic E-state index is 4.22. The molecule has 2 heterocycles. The zero-order valence-corrected chi connectivity index (χ0v) is 7.57. The summed E-state index contributed by atoms with van der Waals surface area (Å²) in [6.07, 6.45) is 8.43. The van der Waals surface area contributed by atoms with Gasteiger partial charge in [-0.2, -0.15) is 0 Å². The predicted molar refractivity (Wildman–Crippen MR) is 51.8 cm³/mol. The van der Waals surface area contributed by atoms with E-state index in [0.717, 1.165) is 24.4 Å². The van der Waals surface area contributed by atoms with Crippen molar-refractivity contribution in [2.75, 3.05) is 11.9 Å². The maximum Gasteiger partial charge on any atom is 0.180 e. The zero-order valence-electron chi connectivity index (χ0n) is 7.57. The quantitative estimate of drug-likeness (QED) is 0.771. The van der Waals surface area contributed by atoms with Crippen molar-refractivity contribution in [3.8, 4) is 0 Å². The second kappa shape index (κ2) is 3.43. The molecule has 2 rings (SSSR count). The summed E-state index contributed by atoms with van der Waals surface area (Å²) in [6, 6.07) is 0. The van der Waals surface area contributed by atoms with Gasteiger partial charge in [-0.1, -0.05) is 6.92 Å². The van der Waals surface area contributed by atoms with Crippen LogP contribution in [0.2, 0.25) is 0 Å². The molecule has 68 valence electrons. The van der Waals surface area contributed by atoms with Crippen LogP contribution in [0, 0.1) is 0 Å². The number of aromatic nitrogens is 3. The molecule has 0 aliphatic heterocycles. The molecular formula is C9H12N4. The van der Waals surface area contributed by atoms with E-state index < -0.39 is 0 Å². The summed E-state index contributed by atoms with van der Waals surface area (Å²) in [5.74, 6) is 0.856. The van der Waals surface area contributed by atoms with Gasteiger partial charge in [0.2, 0.25) is 0 Å². The Hall–Kier alpha value is -1.58. The lowest BCUT2D eigenvalue weighted by Gasteiger charge is -2.03. The van der Waals surface area contributed by atoms with E-state index in [2.05, 4.69) is 22.2 Å². The van der Waals surface area contributed by atoms with Gasteiger partial charge in [-0.15, -0.1) is 0 Å². The van der Waals surface area contributed by atoms with Crippen molar-refractivity contribution in [2.45, 2.75) is 13.3 Å². The van der Waals surface area contributed by atoms with Crippen LogP contribution in [-0.4, -0.2) is 20.9 Å². The van der Waals surface area contributed by atoms with Gasteiger partial charge >= 0.3 is 0 Å². The number of hydrogen-bond donors (Lipinski definition) is 1. The fourth-order valence-electron chi connectivity index (χ4n) is 1.22. The molecule has 4 nitrogen and oxygen atoms in total.